The molecule has 0 atom stereocenters. The summed E-state index contributed by atoms with van der Waals surface area (Å²) in [5.41, 5.74) is -0.713. The van der Waals surface area contributed by atoms with E-state index in [9.17, 15) is 19.5 Å². The average molecular weight is 531 g/mol. The second-order valence-corrected chi connectivity index (χ2v) is 8.68. The normalized spacial score (nSPS) is 11.2. The number of hydrogen-bond donors (Lipinski definition) is 2. The minimum absolute atomic E-state index is 0.0657. The number of aliphatic hydroxyl groups is 1. The highest BCUT2D eigenvalue weighted by Gasteiger charge is 2.53. The second kappa shape index (κ2) is 11.4. The number of rotatable bonds is 9. The molecule has 3 aromatic carbocycles. The Balaban J connectivity index is 2.05. The van der Waals surface area contributed by atoms with Crippen LogP contribution in [0.4, 0.5) is 5.69 Å². The fourth-order valence-electron chi connectivity index (χ4n) is 4.55. The third-order valence-electron chi connectivity index (χ3n) is 6.34. The van der Waals surface area contributed by atoms with Gasteiger partial charge in [0.15, 0.2) is 0 Å². The van der Waals surface area contributed by atoms with Gasteiger partial charge in [0.05, 0.1) is 42.9 Å². The van der Waals surface area contributed by atoms with Gasteiger partial charge in [-0.15, -0.1) is 0 Å². The van der Waals surface area contributed by atoms with E-state index in [2.05, 4.69) is 5.32 Å². The number of nitrogens with one attached hydrogen (secondary N) is 1. The van der Waals surface area contributed by atoms with E-state index in [0.29, 0.717) is 39.2 Å². The fraction of sp³-hybridized carbons (Fsp3) is 0.233. The van der Waals surface area contributed by atoms with Gasteiger partial charge < -0.3 is 29.2 Å². The van der Waals surface area contributed by atoms with Crippen molar-refractivity contribution < 1.29 is 33.7 Å². The quantitative estimate of drug-likeness (QED) is 0.242. The summed E-state index contributed by atoms with van der Waals surface area (Å²) in [7, 11) is 1.49. The highest BCUT2D eigenvalue weighted by atomic mass is 16.6. The molecule has 9 nitrogen and oxygen atoms in total. The molecule has 0 unspecified atom stereocenters. The number of nitrogens with zero attached hydrogens (tertiary/aromatic N) is 1. The SMILES string of the molecule is CCOC(=O)C(O)(C(=O)OCC)c1c(C)c2ccccc2n1-c1cc(OC)ccc1NC(=O)c1ccccc1. The molecule has 1 amide bonds. The van der Waals surface area contributed by atoms with Gasteiger partial charge in [0.2, 0.25) is 0 Å². The van der Waals surface area contributed by atoms with Crippen molar-refractivity contribution in [2.45, 2.75) is 26.4 Å². The van der Waals surface area contributed by atoms with Crippen LogP contribution in [0.1, 0.15) is 35.5 Å². The molecule has 4 rings (SSSR count). The standard InChI is InChI=1S/C30H30N2O7/c1-5-38-28(34)30(36,29(35)39-6-2)26-19(3)22-14-10-11-15-24(22)32(26)25-18-21(37-4)16-17-23(25)31-27(33)20-12-8-7-9-13-20/h7-18,36H,5-6H2,1-4H3,(H,31,33). The topological polar surface area (TPSA) is 116 Å². The zero-order valence-corrected chi connectivity index (χ0v) is 22.2. The van der Waals surface area contributed by atoms with Crippen molar-refractivity contribution in [2.75, 3.05) is 25.6 Å². The Kier molecular flexibility index (Phi) is 8.01. The zero-order valence-electron chi connectivity index (χ0n) is 22.2. The van der Waals surface area contributed by atoms with Crippen LogP contribution in [-0.4, -0.2) is 47.8 Å². The first-order valence-corrected chi connectivity index (χ1v) is 12.5. The van der Waals surface area contributed by atoms with Crippen LogP contribution in [0, 0.1) is 6.92 Å². The maximum Gasteiger partial charge on any atom is 0.356 e. The molecule has 0 saturated carbocycles. The van der Waals surface area contributed by atoms with Crippen LogP contribution < -0.4 is 10.1 Å². The number of fused-ring (bicyclic) bond motifs is 1. The molecule has 0 aliphatic rings. The summed E-state index contributed by atoms with van der Waals surface area (Å²) in [5, 5.41) is 15.5. The second-order valence-electron chi connectivity index (χ2n) is 8.68. The number of carbonyl (C=O) groups excluding carboxylic acids is 3. The van der Waals surface area contributed by atoms with E-state index in [0.717, 1.165) is 0 Å². The summed E-state index contributed by atoms with van der Waals surface area (Å²) in [6, 6.07) is 20.8. The first kappa shape index (κ1) is 27.4. The molecule has 0 spiro atoms. The lowest BCUT2D eigenvalue weighted by molar-refractivity contribution is -0.185. The Bertz CT molecular complexity index is 1510. The van der Waals surface area contributed by atoms with E-state index in [1.807, 2.05) is 12.1 Å². The maximum atomic E-state index is 13.3. The lowest BCUT2D eigenvalue weighted by atomic mass is 9.95. The van der Waals surface area contributed by atoms with Crippen molar-refractivity contribution in [3.63, 3.8) is 0 Å². The van der Waals surface area contributed by atoms with Crippen LogP contribution in [0.2, 0.25) is 0 Å². The van der Waals surface area contributed by atoms with Gasteiger partial charge in [-0.2, -0.15) is 0 Å². The number of ether oxygens (including phenoxy) is 3. The Labute approximate surface area is 225 Å². The summed E-state index contributed by atoms with van der Waals surface area (Å²) in [5.74, 6) is -2.27. The number of para-hydroxylation sites is 1. The molecule has 0 aliphatic heterocycles. The number of aryl methyl sites for hydroxylation is 1. The lowest BCUT2D eigenvalue weighted by Crippen LogP contribution is -2.48. The molecular formula is C30H30N2O7. The Hall–Kier alpha value is -4.63. The molecular weight excluding hydrogens is 500 g/mol. The molecule has 1 aromatic heterocycles. The number of esters is 2. The minimum atomic E-state index is -2.81. The summed E-state index contributed by atoms with van der Waals surface area (Å²) in [4.78, 5) is 39.7. The maximum absolute atomic E-state index is 13.3. The summed E-state index contributed by atoms with van der Waals surface area (Å²) in [6.07, 6.45) is 0. The Morgan fingerprint density at radius 1 is 0.897 bits per heavy atom. The molecule has 0 aliphatic carbocycles. The van der Waals surface area contributed by atoms with E-state index in [1.165, 1.54) is 7.11 Å². The van der Waals surface area contributed by atoms with Crippen molar-refractivity contribution in [3.8, 4) is 11.4 Å². The van der Waals surface area contributed by atoms with Crippen molar-refractivity contribution in [1.82, 2.24) is 4.57 Å². The minimum Gasteiger partial charge on any atom is -0.497 e. The third-order valence-corrected chi connectivity index (χ3v) is 6.34. The van der Waals surface area contributed by atoms with Crippen molar-refractivity contribution >= 4 is 34.4 Å². The summed E-state index contributed by atoms with van der Waals surface area (Å²) in [6.45, 7) is 4.70. The van der Waals surface area contributed by atoms with Crippen LogP contribution in [0.3, 0.4) is 0 Å². The molecule has 0 bridgehead atoms. The number of carbonyl (C=O) groups is 3. The van der Waals surface area contributed by atoms with Gasteiger partial charge >= 0.3 is 17.5 Å². The largest absolute Gasteiger partial charge is 0.497 e. The molecule has 4 aromatic rings. The number of benzene rings is 3. The molecule has 2 N–H and O–H groups in total. The first-order valence-electron chi connectivity index (χ1n) is 12.5. The summed E-state index contributed by atoms with van der Waals surface area (Å²) < 4.78 is 17.4. The molecule has 1 heterocycles. The van der Waals surface area contributed by atoms with Crippen LogP contribution >= 0.6 is 0 Å². The van der Waals surface area contributed by atoms with Crippen molar-refractivity contribution in [3.05, 3.63) is 89.6 Å². The predicted molar refractivity (Wildman–Crippen MR) is 146 cm³/mol. The average Bonchev–Trinajstić information content (AvgIpc) is 3.25. The van der Waals surface area contributed by atoms with Gasteiger partial charge in [0.1, 0.15) is 5.75 Å². The zero-order chi connectivity index (χ0) is 28.2. The van der Waals surface area contributed by atoms with Crippen LogP contribution in [0.25, 0.3) is 16.6 Å². The van der Waals surface area contributed by atoms with E-state index in [4.69, 9.17) is 14.2 Å². The smallest absolute Gasteiger partial charge is 0.356 e. The number of amides is 1. The number of anilines is 1. The molecule has 202 valence electrons. The van der Waals surface area contributed by atoms with Crippen molar-refractivity contribution in [1.29, 1.82) is 0 Å². The van der Waals surface area contributed by atoms with Gasteiger partial charge in [-0.3, -0.25) is 4.79 Å². The van der Waals surface area contributed by atoms with Crippen LogP contribution in [-0.2, 0) is 24.7 Å². The van der Waals surface area contributed by atoms with Gasteiger partial charge in [0, 0.05) is 17.0 Å². The van der Waals surface area contributed by atoms with Gasteiger partial charge in [-0.1, -0.05) is 36.4 Å². The van der Waals surface area contributed by atoms with Crippen LogP contribution in [0.15, 0.2) is 72.8 Å². The lowest BCUT2D eigenvalue weighted by Gasteiger charge is -2.27. The number of hydrogen-bond acceptors (Lipinski definition) is 7. The monoisotopic (exact) mass is 530 g/mol. The molecule has 9 heteroatoms. The first-order chi connectivity index (χ1) is 18.8. The highest BCUT2D eigenvalue weighted by molar-refractivity contribution is 6.08. The molecule has 0 fully saturated rings. The van der Waals surface area contributed by atoms with E-state index >= 15 is 0 Å². The highest BCUT2D eigenvalue weighted by Crippen LogP contribution is 2.40. The Morgan fingerprint density at radius 3 is 2.13 bits per heavy atom. The molecule has 39 heavy (non-hydrogen) atoms. The fourth-order valence-corrected chi connectivity index (χ4v) is 4.55. The summed E-state index contributed by atoms with van der Waals surface area (Å²) >= 11 is 0. The van der Waals surface area contributed by atoms with E-state index in [-0.39, 0.29) is 24.8 Å². The third kappa shape index (κ3) is 4.96. The number of aromatic nitrogens is 1. The van der Waals surface area contributed by atoms with Gasteiger partial charge in [-0.25, -0.2) is 9.59 Å². The van der Waals surface area contributed by atoms with E-state index < -0.39 is 17.5 Å². The molecule has 0 radical (unpaired) electrons. The Morgan fingerprint density at radius 2 is 1.51 bits per heavy atom. The van der Waals surface area contributed by atoms with E-state index in [1.54, 1.807) is 86.0 Å². The number of methoxy groups -OCH3 is 1. The predicted octanol–water partition coefficient (Wildman–Crippen LogP) is 4.51. The van der Waals surface area contributed by atoms with Crippen LogP contribution in [0.5, 0.6) is 5.75 Å². The molecule has 0 saturated heterocycles. The van der Waals surface area contributed by atoms with Gasteiger partial charge in [-0.05, 0) is 56.7 Å². The van der Waals surface area contributed by atoms with Gasteiger partial charge in [0.25, 0.3) is 5.91 Å². The van der Waals surface area contributed by atoms with Crippen molar-refractivity contribution in [2.24, 2.45) is 0 Å².